The predicted octanol–water partition coefficient (Wildman–Crippen LogP) is 8.68. The molecule has 190 valence electrons. The molecule has 0 atom stereocenters. The molecule has 1 aliphatic rings. The Morgan fingerprint density at radius 1 is 0.943 bits per heavy atom. The number of aryl methyl sites for hydroxylation is 1. The molecule has 2 aromatic rings. The lowest BCUT2D eigenvalue weighted by atomic mass is 9.79. The second-order valence-corrected chi connectivity index (χ2v) is 9.35. The molecule has 1 saturated carbocycles. The highest BCUT2D eigenvalue weighted by Crippen LogP contribution is 2.32. The second-order valence-electron chi connectivity index (χ2n) is 9.35. The Morgan fingerprint density at radius 3 is 2.23 bits per heavy atom. The third kappa shape index (κ3) is 9.79. The molecule has 0 aromatic heterocycles. The largest absolute Gasteiger partial charge is 0.573 e. The van der Waals surface area contributed by atoms with E-state index in [0.29, 0.717) is 11.5 Å². The van der Waals surface area contributed by atoms with E-state index in [9.17, 15) is 18.0 Å². The number of hydrogen-bond acceptors (Lipinski definition) is 3. The van der Waals surface area contributed by atoms with E-state index in [1.807, 2.05) is 12.1 Å². The topological polar surface area (TPSA) is 35.5 Å². The molecule has 0 unspecified atom stereocenters. The van der Waals surface area contributed by atoms with Gasteiger partial charge in [0.2, 0.25) is 0 Å². The number of ether oxygens (including phenoxy) is 2. The summed E-state index contributed by atoms with van der Waals surface area (Å²) < 4.78 is 45.8. The van der Waals surface area contributed by atoms with E-state index in [1.54, 1.807) is 12.1 Å². The van der Waals surface area contributed by atoms with Crippen molar-refractivity contribution in [1.29, 1.82) is 0 Å². The summed E-state index contributed by atoms with van der Waals surface area (Å²) >= 11 is 0. The zero-order valence-electron chi connectivity index (χ0n) is 20.4. The second kappa shape index (κ2) is 13.4. The van der Waals surface area contributed by atoms with E-state index < -0.39 is 12.3 Å². The lowest BCUT2D eigenvalue weighted by molar-refractivity contribution is -0.274. The molecule has 0 spiro atoms. The third-order valence-corrected chi connectivity index (χ3v) is 6.57. The molecule has 0 saturated heterocycles. The van der Waals surface area contributed by atoms with Gasteiger partial charge in [0.1, 0.15) is 11.5 Å². The lowest BCUT2D eigenvalue weighted by Gasteiger charge is -2.26. The zero-order chi connectivity index (χ0) is 25.1. The van der Waals surface area contributed by atoms with Crippen LogP contribution in [0.5, 0.6) is 11.5 Å². The number of esters is 1. The molecule has 0 amide bonds. The van der Waals surface area contributed by atoms with Crippen LogP contribution in [-0.2, 0) is 6.42 Å². The summed E-state index contributed by atoms with van der Waals surface area (Å²) in [6.07, 6.45) is 12.6. The highest BCUT2D eigenvalue weighted by atomic mass is 19.4. The van der Waals surface area contributed by atoms with Crippen molar-refractivity contribution in [3.05, 3.63) is 71.8 Å². The zero-order valence-corrected chi connectivity index (χ0v) is 20.4. The maximum absolute atomic E-state index is 12.3. The Kier molecular flexibility index (Phi) is 10.2. The van der Waals surface area contributed by atoms with Crippen LogP contribution in [0.4, 0.5) is 13.2 Å². The normalized spacial score (nSPS) is 18.5. The van der Waals surface area contributed by atoms with Crippen molar-refractivity contribution < 1.29 is 27.4 Å². The monoisotopic (exact) mass is 488 g/mol. The quantitative estimate of drug-likeness (QED) is 0.137. The molecular formula is C29H35F3O3. The highest BCUT2D eigenvalue weighted by Gasteiger charge is 2.31. The summed E-state index contributed by atoms with van der Waals surface area (Å²) in [6.45, 7) is 2.26. The average molecular weight is 489 g/mol. The summed E-state index contributed by atoms with van der Waals surface area (Å²) in [4.78, 5) is 12.3. The molecule has 0 radical (unpaired) electrons. The SMILES string of the molecule is CCCCC[C@H]1CC[C@H](/C=C/CCc2ccc(C(=O)Oc3ccc(OC(F)(F)F)cc3)cc2)CC1. The minimum atomic E-state index is -4.76. The fraction of sp³-hybridized carbons (Fsp3) is 0.483. The molecule has 1 aliphatic carbocycles. The van der Waals surface area contributed by atoms with E-state index in [1.165, 1.54) is 63.5 Å². The Balaban J connectivity index is 1.38. The molecular weight excluding hydrogens is 453 g/mol. The van der Waals surface area contributed by atoms with Gasteiger partial charge in [0.15, 0.2) is 0 Å². The van der Waals surface area contributed by atoms with Gasteiger partial charge < -0.3 is 9.47 Å². The number of halogens is 3. The van der Waals surface area contributed by atoms with Gasteiger partial charge in [-0.3, -0.25) is 0 Å². The molecule has 0 heterocycles. The van der Waals surface area contributed by atoms with Crippen molar-refractivity contribution in [2.75, 3.05) is 0 Å². The molecule has 0 bridgehead atoms. The van der Waals surface area contributed by atoms with Gasteiger partial charge in [-0.2, -0.15) is 0 Å². The van der Waals surface area contributed by atoms with Crippen LogP contribution in [0.2, 0.25) is 0 Å². The van der Waals surface area contributed by atoms with Crippen LogP contribution in [-0.4, -0.2) is 12.3 Å². The van der Waals surface area contributed by atoms with Crippen molar-refractivity contribution in [1.82, 2.24) is 0 Å². The number of unbranched alkanes of at least 4 members (excludes halogenated alkanes) is 2. The minimum absolute atomic E-state index is 0.147. The Hall–Kier alpha value is -2.76. The van der Waals surface area contributed by atoms with E-state index in [2.05, 4.69) is 23.8 Å². The third-order valence-electron chi connectivity index (χ3n) is 6.57. The molecule has 0 aliphatic heterocycles. The maximum Gasteiger partial charge on any atom is 0.573 e. The van der Waals surface area contributed by atoms with Gasteiger partial charge in [-0.25, -0.2) is 4.79 Å². The smallest absolute Gasteiger partial charge is 0.423 e. The van der Waals surface area contributed by atoms with Crippen LogP contribution in [0.15, 0.2) is 60.7 Å². The van der Waals surface area contributed by atoms with Gasteiger partial charge in [-0.15, -0.1) is 13.2 Å². The minimum Gasteiger partial charge on any atom is -0.423 e. The van der Waals surface area contributed by atoms with Crippen molar-refractivity contribution >= 4 is 5.97 Å². The summed E-state index contributed by atoms with van der Waals surface area (Å²) in [7, 11) is 0. The first-order valence-electron chi connectivity index (χ1n) is 12.7. The summed E-state index contributed by atoms with van der Waals surface area (Å²) in [5, 5.41) is 0. The summed E-state index contributed by atoms with van der Waals surface area (Å²) in [6, 6.07) is 12.0. The standard InChI is InChI=1S/C29H35F3O3/c1-2-3-4-7-22-10-12-23(13-11-22)8-5-6-9-24-14-16-25(17-15-24)28(33)34-26-18-20-27(21-19-26)35-29(30,31)32/h5,8,14-23H,2-4,6-7,9-13H2,1H3/b8-5+/t22-,23-. The Bertz CT molecular complexity index is 925. The molecule has 2 aromatic carbocycles. The van der Waals surface area contributed by atoms with Gasteiger partial charge in [0.05, 0.1) is 5.56 Å². The summed E-state index contributed by atoms with van der Waals surface area (Å²) in [5.74, 6) is 0.855. The molecule has 1 fully saturated rings. The van der Waals surface area contributed by atoms with Crippen LogP contribution >= 0.6 is 0 Å². The van der Waals surface area contributed by atoms with Gasteiger partial charge in [0, 0.05) is 0 Å². The molecule has 3 rings (SSSR count). The Labute approximate surface area is 206 Å². The van der Waals surface area contributed by atoms with E-state index in [4.69, 9.17) is 4.74 Å². The van der Waals surface area contributed by atoms with Gasteiger partial charge in [-0.1, -0.05) is 56.9 Å². The van der Waals surface area contributed by atoms with Crippen LogP contribution < -0.4 is 9.47 Å². The fourth-order valence-corrected chi connectivity index (χ4v) is 4.57. The van der Waals surface area contributed by atoms with Crippen LogP contribution in [0.3, 0.4) is 0 Å². The van der Waals surface area contributed by atoms with Crippen LogP contribution in [0.25, 0.3) is 0 Å². The number of benzene rings is 2. The fourth-order valence-electron chi connectivity index (χ4n) is 4.57. The predicted molar refractivity (Wildman–Crippen MR) is 132 cm³/mol. The first-order valence-corrected chi connectivity index (χ1v) is 12.7. The number of rotatable bonds is 11. The van der Waals surface area contributed by atoms with Crippen molar-refractivity contribution in [2.24, 2.45) is 11.8 Å². The van der Waals surface area contributed by atoms with Crippen LogP contribution in [0.1, 0.15) is 80.6 Å². The van der Waals surface area contributed by atoms with Crippen molar-refractivity contribution in [2.45, 2.75) is 77.5 Å². The highest BCUT2D eigenvalue weighted by molar-refractivity contribution is 5.91. The average Bonchev–Trinajstić information content (AvgIpc) is 2.83. The first-order chi connectivity index (χ1) is 16.8. The van der Waals surface area contributed by atoms with Gasteiger partial charge >= 0.3 is 12.3 Å². The number of hydrogen-bond donors (Lipinski definition) is 0. The molecule has 3 nitrogen and oxygen atoms in total. The molecule has 0 N–H and O–H groups in total. The van der Waals surface area contributed by atoms with Crippen LogP contribution in [0, 0.1) is 11.8 Å². The number of carbonyl (C=O) groups is 1. The lowest BCUT2D eigenvalue weighted by Crippen LogP contribution is -2.17. The number of alkyl halides is 3. The van der Waals surface area contributed by atoms with Crippen molar-refractivity contribution in [3.63, 3.8) is 0 Å². The number of carbonyl (C=O) groups excluding carboxylic acids is 1. The van der Waals surface area contributed by atoms with Gasteiger partial charge in [0.25, 0.3) is 0 Å². The first kappa shape index (κ1) is 26.8. The van der Waals surface area contributed by atoms with E-state index in [-0.39, 0.29) is 11.5 Å². The maximum atomic E-state index is 12.3. The van der Waals surface area contributed by atoms with Gasteiger partial charge in [-0.05, 0) is 92.3 Å². The number of allylic oxidation sites excluding steroid dienone is 2. The molecule has 6 heteroatoms. The van der Waals surface area contributed by atoms with Crippen molar-refractivity contribution in [3.8, 4) is 11.5 Å². The molecule has 35 heavy (non-hydrogen) atoms. The Morgan fingerprint density at radius 2 is 1.60 bits per heavy atom. The van der Waals surface area contributed by atoms with E-state index in [0.717, 1.165) is 36.5 Å². The van der Waals surface area contributed by atoms with E-state index >= 15 is 0 Å². The summed E-state index contributed by atoms with van der Waals surface area (Å²) in [5.41, 5.74) is 1.52.